The Labute approximate surface area is 131 Å². The Hall–Kier alpha value is -1.26. The van der Waals surface area contributed by atoms with E-state index in [4.69, 9.17) is 9.47 Å². The van der Waals surface area contributed by atoms with E-state index >= 15 is 0 Å². The van der Waals surface area contributed by atoms with Crippen molar-refractivity contribution >= 4 is 0 Å². The minimum atomic E-state index is -0.358. The summed E-state index contributed by atoms with van der Waals surface area (Å²) in [5, 5.41) is 10.6. The second-order valence-electron chi connectivity index (χ2n) is 7.46. The smallest absolute Gasteiger partial charge is 0.165 e. The van der Waals surface area contributed by atoms with Gasteiger partial charge in [-0.15, -0.1) is 0 Å². The summed E-state index contributed by atoms with van der Waals surface area (Å²) in [4.78, 5) is 2.52. The van der Waals surface area contributed by atoms with Crippen LogP contribution in [0, 0.1) is 5.92 Å². The maximum atomic E-state index is 10.6. The molecule has 2 aliphatic heterocycles. The second-order valence-corrected chi connectivity index (χ2v) is 7.46. The lowest BCUT2D eigenvalue weighted by molar-refractivity contribution is -0.0993. The number of nitrogens with zero attached hydrogens (tertiary/aromatic N) is 1. The summed E-state index contributed by atoms with van der Waals surface area (Å²) in [6.45, 7) is 1.09. The highest BCUT2D eigenvalue weighted by Gasteiger charge is 2.65. The van der Waals surface area contributed by atoms with Crippen molar-refractivity contribution in [2.75, 3.05) is 20.7 Å². The number of likely N-dealkylation sites (tertiary alicyclic amines) is 1. The number of hydrogen-bond donors (Lipinski definition) is 1. The first kappa shape index (κ1) is 13.2. The molecule has 1 saturated carbocycles. The average Bonchev–Trinajstić information content (AvgIpc) is 2.88. The third-order valence-electron chi connectivity index (χ3n) is 6.77. The van der Waals surface area contributed by atoms with Gasteiger partial charge in [-0.3, -0.25) is 0 Å². The molecule has 3 unspecified atom stereocenters. The molecule has 1 saturated heterocycles. The number of ether oxygens (including phenoxy) is 2. The van der Waals surface area contributed by atoms with Crippen LogP contribution in [-0.2, 0) is 11.8 Å². The van der Waals surface area contributed by atoms with Crippen molar-refractivity contribution in [2.24, 2.45) is 5.92 Å². The number of methoxy groups -OCH3 is 1. The second kappa shape index (κ2) is 4.18. The monoisotopic (exact) mass is 301 g/mol. The lowest BCUT2D eigenvalue weighted by Crippen LogP contribution is -2.66. The third-order valence-corrected chi connectivity index (χ3v) is 6.77. The van der Waals surface area contributed by atoms with Crippen LogP contribution in [0.4, 0.5) is 0 Å². The van der Waals surface area contributed by atoms with E-state index in [9.17, 15) is 5.11 Å². The molecule has 1 spiro atoms. The molecule has 0 radical (unpaired) electrons. The number of likely N-dealkylation sites (N-methyl/N-ethyl adjacent to an activating group) is 1. The van der Waals surface area contributed by atoms with E-state index < -0.39 is 0 Å². The van der Waals surface area contributed by atoms with Crippen LogP contribution in [-0.4, -0.2) is 49.0 Å². The summed E-state index contributed by atoms with van der Waals surface area (Å²) in [6.07, 6.45) is 3.69. The molecular formula is C18H23NO3. The summed E-state index contributed by atoms with van der Waals surface area (Å²) < 4.78 is 11.9. The summed E-state index contributed by atoms with van der Waals surface area (Å²) in [6, 6.07) is 4.83. The highest BCUT2D eigenvalue weighted by molar-refractivity contribution is 5.61. The van der Waals surface area contributed by atoms with Crippen LogP contribution in [0.3, 0.4) is 0 Å². The topological polar surface area (TPSA) is 41.9 Å². The minimum absolute atomic E-state index is 0.00625. The molecule has 2 heterocycles. The molecule has 0 amide bonds. The maximum absolute atomic E-state index is 10.6. The zero-order valence-corrected chi connectivity index (χ0v) is 13.2. The van der Waals surface area contributed by atoms with Crippen molar-refractivity contribution in [3.8, 4) is 11.5 Å². The number of aliphatic hydroxyl groups is 1. The van der Waals surface area contributed by atoms with Crippen LogP contribution < -0.4 is 9.47 Å². The van der Waals surface area contributed by atoms with Gasteiger partial charge in [-0.2, -0.15) is 0 Å². The van der Waals surface area contributed by atoms with Crippen molar-refractivity contribution < 1.29 is 14.6 Å². The Morgan fingerprint density at radius 2 is 2.23 bits per heavy atom. The van der Waals surface area contributed by atoms with Gasteiger partial charge in [-0.05, 0) is 56.8 Å². The van der Waals surface area contributed by atoms with E-state index in [0.717, 1.165) is 43.7 Å². The molecule has 1 aromatic rings. The Morgan fingerprint density at radius 1 is 1.36 bits per heavy atom. The largest absolute Gasteiger partial charge is 0.493 e. The lowest BCUT2D eigenvalue weighted by atomic mass is 9.51. The number of hydrogen-bond acceptors (Lipinski definition) is 4. The van der Waals surface area contributed by atoms with Crippen molar-refractivity contribution in [2.45, 2.75) is 49.3 Å². The Bertz CT molecular complexity index is 645. The number of aliphatic hydroxyl groups excluding tert-OH is 1. The minimum Gasteiger partial charge on any atom is -0.493 e. The molecular weight excluding hydrogens is 278 g/mol. The fourth-order valence-electron chi connectivity index (χ4n) is 5.86. The molecule has 1 N–H and O–H groups in total. The van der Waals surface area contributed by atoms with Crippen molar-refractivity contribution in [3.63, 3.8) is 0 Å². The summed E-state index contributed by atoms with van der Waals surface area (Å²) in [5.41, 5.74) is 2.77. The molecule has 5 rings (SSSR count). The summed E-state index contributed by atoms with van der Waals surface area (Å²) in [7, 11) is 3.96. The fraction of sp³-hybridized carbons (Fsp3) is 0.667. The quantitative estimate of drug-likeness (QED) is 0.858. The molecule has 2 fully saturated rings. The SMILES string of the molecule is COc1ccc2c3c1OC1[C@@H](O)CCC4C(C2)N(C)CC[C@@]341. The zero-order valence-electron chi connectivity index (χ0n) is 13.2. The first-order chi connectivity index (χ1) is 10.7. The van der Waals surface area contributed by atoms with Gasteiger partial charge in [-0.1, -0.05) is 6.07 Å². The maximum Gasteiger partial charge on any atom is 0.165 e. The van der Waals surface area contributed by atoms with Gasteiger partial charge in [0.2, 0.25) is 0 Å². The highest BCUT2D eigenvalue weighted by atomic mass is 16.5. The van der Waals surface area contributed by atoms with Gasteiger partial charge in [0.1, 0.15) is 6.10 Å². The zero-order chi connectivity index (χ0) is 15.1. The van der Waals surface area contributed by atoms with E-state index in [1.54, 1.807) is 7.11 Å². The Kier molecular flexibility index (Phi) is 2.51. The number of benzene rings is 1. The van der Waals surface area contributed by atoms with Crippen LogP contribution in [0.1, 0.15) is 30.4 Å². The van der Waals surface area contributed by atoms with Crippen molar-refractivity contribution in [1.29, 1.82) is 0 Å². The van der Waals surface area contributed by atoms with Crippen LogP contribution in [0.2, 0.25) is 0 Å². The van der Waals surface area contributed by atoms with Gasteiger partial charge < -0.3 is 19.5 Å². The molecule has 4 aliphatic rings. The van der Waals surface area contributed by atoms with Gasteiger partial charge in [0.05, 0.1) is 13.2 Å². The highest BCUT2D eigenvalue weighted by Crippen LogP contribution is 2.63. The van der Waals surface area contributed by atoms with Crippen LogP contribution in [0.5, 0.6) is 11.5 Å². The summed E-state index contributed by atoms with van der Waals surface area (Å²) >= 11 is 0. The average molecular weight is 301 g/mol. The van der Waals surface area contributed by atoms with Gasteiger partial charge in [0.15, 0.2) is 11.5 Å². The number of rotatable bonds is 1. The first-order valence-corrected chi connectivity index (χ1v) is 8.42. The van der Waals surface area contributed by atoms with Crippen LogP contribution >= 0.6 is 0 Å². The van der Waals surface area contributed by atoms with Crippen LogP contribution in [0.25, 0.3) is 0 Å². The van der Waals surface area contributed by atoms with E-state index in [2.05, 4.69) is 18.0 Å². The summed E-state index contributed by atoms with van der Waals surface area (Å²) in [5.74, 6) is 2.34. The van der Waals surface area contributed by atoms with Gasteiger partial charge in [0.25, 0.3) is 0 Å². The molecule has 22 heavy (non-hydrogen) atoms. The molecule has 2 bridgehead atoms. The fourth-order valence-corrected chi connectivity index (χ4v) is 5.86. The molecule has 118 valence electrons. The predicted octanol–water partition coefficient (Wildman–Crippen LogP) is 1.73. The van der Waals surface area contributed by atoms with Crippen molar-refractivity contribution in [1.82, 2.24) is 4.90 Å². The van der Waals surface area contributed by atoms with Crippen molar-refractivity contribution in [3.05, 3.63) is 23.3 Å². The molecule has 4 heteroatoms. The van der Waals surface area contributed by atoms with E-state index in [0.29, 0.717) is 12.0 Å². The molecule has 2 aliphatic carbocycles. The Morgan fingerprint density at radius 3 is 3.05 bits per heavy atom. The molecule has 5 atom stereocenters. The van der Waals surface area contributed by atoms with Gasteiger partial charge >= 0.3 is 0 Å². The molecule has 1 aromatic carbocycles. The third kappa shape index (κ3) is 1.32. The molecule has 4 nitrogen and oxygen atoms in total. The van der Waals surface area contributed by atoms with Gasteiger partial charge in [0, 0.05) is 17.0 Å². The standard InChI is InChI=1S/C18H23NO3/c1-19-8-7-18-11-4-5-13(20)17(18)22-16-14(21-2)6-3-10(15(16)18)9-12(11)19/h3,6,11-13,17,20H,4-5,7-9H2,1-2H3/t11?,12?,13-,17?,18-/m0/s1. The van der Waals surface area contributed by atoms with E-state index in [1.807, 2.05) is 6.07 Å². The molecule has 0 aromatic heterocycles. The predicted molar refractivity (Wildman–Crippen MR) is 82.6 cm³/mol. The van der Waals surface area contributed by atoms with Crippen LogP contribution in [0.15, 0.2) is 12.1 Å². The van der Waals surface area contributed by atoms with E-state index in [-0.39, 0.29) is 17.6 Å². The van der Waals surface area contributed by atoms with Gasteiger partial charge in [-0.25, -0.2) is 0 Å². The lowest BCUT2D eigenvalue weighted by Gasteiger charge is -2.58. The Balaban J connectivity index is 1.80. The van der Waals surface area contributed by atoms with E-state index in [1.165, 1.54) is 11.1 Å². The first-order valence-electron chi connectivity index (χ1n) is 8.42. The number of piperidine rings is 1. The normalized spacial score (nSPS) is 41.8.